The van der Waals surface area contributed by atoms with Crippen molar-refractivity contribution >= 4 is 28.4 Å². The first-order chi connectivity index (χ1) is 14.5. The van der Waals surface area contributed by atoms with E-state index in [4.69, 9.17) is 4.98 Å². The lowest BCUT2D eigenvalue weighted by molar-refractivity contribution is -0.126. The smallest absolute Gasteiger partial charge is 0.253 e. The molecule has 2 aromatic rings. The Labute approximate surface area is 177 Å². The predicted molar refractivity (Wildman–Crippen MR) is 118 cm³/mol. The maximum absolute atomic E-state index is 13.0. The molecule has 1 aromatic heterocycles. The summed E-state index contributed by atoms with van der Waals surface area (Å²) in [6.45, 7) is 2.92. The number of rotatable bonds is 6. The molecule has 0 radical (unpaired) electrons. The van der Waals surface area contributed by atoms with Crippen LogP contribution in [0.25, 0.3) is 16.6 Å². The molecule has 30 heavy (non-hydrogen) atoms. The van der Waals surface area contributed by atoms with Crippen LogP contribution in [-0.2, 0) is 11.3 Å². The topological polar surface area (TPSA) is 70.5 Å². The van der Waals surface area contributed by atoms with Crippen molar-refractivity contribution in [2.24, 2.45) is 0 Å². The molecule has 7 heteroatoms. The van der Waals surface area contributed by atoms with Crippen molar-refractivity contribution in [3.8, 4) is 0 Å². The first-order valence-corrected chi connectivity index (χ1v) is 10.5. The molecule has 0 bridgehead atoms. The first kappa shape index (κ1) is 20.3. The number of likely N-dealkylation sites (N-methyl/N-ethyl adjacent to an activating group) is 1. The molecule has 2 heterocycles. The third-order valence-electron chi connectivity index (χ3n) is 5.72. The van der Waals surface area contributed by atoms with E-state index in [-0.39, 0.29) is 11.8 Å². The van der Waals surface area contributed by atoms with Gasteiger partial charge in [0, 0.05) is 37.8 Å². The second kappa shape index (κ2) is 8.44. The molecule has 0 saturated heterocycles. The maximum Gasteiger partial charge on any atom is 0.253 e. The van der Waals surface area contributed by atoms with Crippen LogP contribution in [-0.4, -0.2) is 71.9 Å². The Bertz CT molecular complexity index is 1050. The van der Waals surface area contributed by atoms with E-state index in [9.17, 15) is 9.59 Å². The average Bonchev–Trinajstić information content (AvgIpc) is 3.02. The van der Waals surface area contributed by atoms with E-state index in [1.807, 2.05) is 50.3 Å². The Morgan fingerprint density at radius 1 is 1.23 bits per heavy atom. The summed E-state index contributed by atoms with van der Waals surface area (Å²) in [5.41, 5.74) is 4.12. The predicted octanol–water partition coefficient (Wildman–Crippen LogP) is 2.29. The molecule has 4 rings (SSSR count). The fourth-order valence-corrected chi connectivity index (χ4v) is 4.18. The van der Waals surface area contributed by atoms with Crippen LogP contribution in [0.3, 0.4) is 0 Å². The molecule has 1 aromatic carbocycles. The molecule has 2 aliphatic rings. The van der Waals surface area contributed by atoms with Gasteiger partial charge >= 0.3 is 0 Å². The van der Waals surface area contributed by atoms with Crippen LogP contribution in [0.1, 0.15) is 35.4 Å². The van der Waals surface area contributed by atoms with Gasteiger partial charge in [-0.15, -0.1) is 0 Å². The van der Waals surface area contributed by atoms with E-state index in [1.165, 1.54) is 0 Å². The summed E-state index contributed by atoms with van der Waals surface area (Å²) in [5, 5.41) is 2.95. The molecule has 0 spiro atoms. The van der Waals surface area contributed by atoms with Gasteiger partial charge in [0.1, 0.15) is 5.82 Å². The average molecular weight is 408 g/mol. The van der Waals surface area contributed by atoms with Crippen molar-refractivity contribution in [2.45, 2.75) is 25.8 Å². The highest BCUT2D eigenvalue weighted by Gasteiger charge is 2.24. The number of imidazole rings is 1. The van der Waals surface area contributed by atoms with Gasteiger partial charge in [-0.25, -0.2) is 4.98 Å². The van der Waals surface area contributed by atoms with Crippen molar-refractivity contribution in [3.63, 3.8) is 0 Å². The highest BCUT2D eigenvalue weighted by Crippen LogP contribution is 2.30. The third-order valence-corrected chi connectivity index (χ3v) is 5.72. The largest absolute Gasteiger partial charge is 0.350 e. The molecule has 1 aliphatic heterocycles. The zero-order valence-corrected chi connectivity index (χ0v) is 17.9. The number of aromatic nitrogens is 2. The summed E-state index contributed by atoms with van der Waals surface area (Å²) in [4.78, 5) is 34.1. The van der Waals surface area contributed by atoms with E-state index in [0.717, 1.165) is 60.4 Å². The number of nitrogens with zero attached hydrogens (tertiary/aromatic N) is 4. The van der Waals surface area contributed by atoms with Gasteiger partial charge in [-0.1, -0.05) is 12.1 Å². The molecule has 0 fully saturated rings. The van der Waals surface area contributed by atoms with Gasteiger partial charge in [0.2, 0.25) is 5.91 Å². The lowest BCUT2D eigenvalue weighted by Gasteiger charge is -2.22. The van der Waals surface area contributed by atoms with Crippen LogP contribution >= 0.6 is 0 Å². The summed E-state index contributed by atoms with van der Waals surface area (Å²) >= 11 is 0. The SMILES string of the molecule is CN(C)CCCN(C)C(=O)C1=CC(c2nc3cccc4c3n2CCNC4=O)=CCC1. The number of carbonyl (C=O) groups is 2. The molecular formula is C23H29N5O2. The van der Waals surface area contributed by atoms with Gasteiger partial charge < -0.3 is 19.7 Å². The second-order valence-electron chi connectivity index (χ2n) is 8.27. The van der Waals surface area contributed by atoms with Crippen LogP contribution in [0.2, 0.25) is 0 Å². The minimum atomic E-state index is -0.0609. The van der Waals surface area contributed by atoms with Crippen molar-refractivity contribution < 1.29 is 9.59 Å². The number of hydrogen-bond donors (Lipinski definition) is 1. The van der Waals surface area contributed by atoms with Crippen LogP contribution in [0.5, 0.6) is 0 Å². The van der Waals surface area contributed by atoms with Crippen LogP contribution in [0.15, 0.2) is 35.9 Å². The highest BCUT2D eigenvalue weighted by molar-refractivity contribution is 6.06. The molecule has 0 atom stereocenters. The quantitative estimate of drug-likeness (QED) is 0.798. The molecule has 158 valence electrons. The fourth-order valence-electron chi connectivity index (χ4n) is 4.18. The van der Waals surface area contributed by atoms with E-state index < -0.39 is 0 Å². The zero-order chi connectivity index (χ0) is 21.3. The lowest BCUT2D eigenvalue weighted by Crippen LogP contribution is -2.31. The highest BCUT2D eigenvalue weighted by atomic mass is 16.2. The third kappa shape index (κ3) is 3.89. The number of benzene rings is 1. The second-order valence-corrected chi connectivity index (χ2v) is 8.27. The minimum absolute atomic E-state index is 0.0609. The van der Waals surface area contributed by atoms with Gasteiger partial charge in [0.25, 0.3) is 5.91 Å². The summed E-state index contributed by atoms with van der Waals surface area (Å²) in [7, 11) is 5.96. The van der Waals surface area contributed by atoms with Gasteiger partial charge in [-0.3, -0.25) is 9.59 Å². The van der Waals surface area contributed by atoms with Crippen LogP contribution < -0.4 is 5.32 Å². The Kier molecular flexibility index (Phi) is 5.72. The Morgan fingerprint density at radius 2 is 2.07 bits per heavy atom. The monoisotopic (exact) mass is 407 g/mol. The van der Waals surface area contributed by atoms with Crippen LogP contribution in [0, 0.1) is 0 Å². The minimum Gasteiger partial charge on any atom is -0.350 e. The first-order valence-electron chi connectivity index (χ1n) is 10.5. The van der Waals surface area contributed by atoms with Crippen molar-refractivity contribution in [1.82, 2.24) is 24.7 Å². The number of hydrogen-bond acceptors (Lipinski definition) is 4. The van der Waals surface area contributed by atoms with Crippen molar-refractivity contribution in [1.29, 1.82) is 0 Å². The molecule has 1 aliphatic carbocycles. The van der Waals surface area contributed by atoms with E-state index in [1.54, 1.807) is 0 Å². The number of carbonyl (C=O) groups excluding carboxylic acids is 2. The molecular weight excluding hydrogens is 378 g/mol. The number of allylic oxidation sites excluding steroid dienone is 3. The summed E-state index contributed by atoms with van der Waals surface area (Å²) in [6, 6.07) is 5.65. The van der Waals surface area contributed by atoms with Gasteiger partial charge in [0.05, 0.1) is 16.6 Å². The molecule has 7 nitrogen and oxygen atoms in total. The Morgan fingerprint density at radius 3 is 2.87 bits per heavy atom. The summed E-state index contributed by atoms with van der Waals surface area (Å²) in [5.74, 6) is 0.854. The number of para-hydroxylation sites is 1. The standard InChI is InChI=1S/C23H29N5O2/c1-26(2)12-6-13-27(3)23(30)17-8-4-7-16(15-17)21-25-19-10-5-9-18-20(19)28(21)14-11-24-22(18)29/h5,7,9-10,15H,4,6,8,11-14H2,1-3H3,(H,24,29). The zero-order valence-electron chi connectivity index (χ0n) is 17.9. The molecule has 0 saturated carbocycles. The van der Waals surface area contributed by atoms with Crippen molar-refractivity contribution in [3.05, 3.63) is 47.3 Å². The Balaban J connectivity index is 1.62. The summed E-state index contributed by atoms with van der Waals surface area (Å²) in [6.07, 6.45) is 6.63. The maximum atomic E-state index is 13.0. The number of nitrogens with one attached hydrogen (secondary N) is 1. The van der Waals surface area contributed by atoms with Crippen molar-refractivity contribution in [2.75, 3.05) is 40.8 Å². The Hall–Kier alpha value is -2.93. The normalized spacial score (nSPS) is 16.2. The molecule has 1 N–H and O–H groups in total. The van der Waals surface area contributed by atoms with E-state index >= 15 is 0 Å². The van der Waals surface area contributed by atoms with Gasteiger partial charge in [-0.05, 0) is 58.1 Å². The fraction of sp³-hybridized carbons (Fsp3) is 0.435. The molecule has 2 amide bonds. The lowest BCUT2D eigenvalue weighted by atomic mass is 9.97. The van der Waals surface area contributed by atoms with E-state index in [0.29, 0.717) is 18.7 Å². The van der Waals surface area contributed by atoms with Gasteiger partial charge in [0.15, 0.2) is 0 Å². The molecule has 0 unspecified atom stereocenters. The van der Waals surface area contributed by atoms with Gasteiger partial charge in [-0.2, -0.15) is 0 Å². The summed E-state index contributed by atoms with van der Waals surface area (Å²) < 4.78 is 2.11. The van der Waals surface area contributed by atoms with E-state index in [2.05, 4.69) is 20.9 Å². The van der Waals surface area contributed by atoms with Crippen LogP contribution in [0.4, 0.5) is 0 Å². The number of amides is 2.